The highest BCUT2D eigenvalue weighted by molar-refractivity contribution is 6.35. The molecule has 2 saturated carbocycles. The van der Waals surface area contributed by atoms with E-state index in [1.807, 2.05) is 37.3 Å². The van der Waals surface area contributed by atoms with Gasteiger partial charge in [0.1, 0.15) is 35.0 Å². The molecule has 0 radical (unpaired) electrons. The number of ether oxygens (including phenoxy) is 1. The third kappa shape index (κ3) is 3.33. The molecule has 3 aromatic heterocycles. The zero-order valence-corrected chi connectivity index (χ0v) is 19.2. The molecule has 0 N–H and O–H groups in total. The predicted octanol–water partition coefficient (Wildman–Crippen LogP) is 5.79. The first-order chi connectivity index (χ1) is 16.0. The minimum atomic E-state index is -0.442. The topological polar surface area (TPSA) is 83.0 Å². The normalized spacial score (nSPS) is 16.8. The van der Waals surface area contributed by atoms with Crippen LogP contribution in [0.5, 0.6) is 0 Å². The Kier molecular flexibility index (Phi) is 4.59. The van der Waals surface area contributed by atoms with Gasteiger partial charge in [0.2, 0.25) is 0 Å². The number of fused-ring (bicyclic) bond motifs is 1. The second-order valence-corrected chi connectivity index (χ2v) is 9.62. The fraction of sp³-hybridized carbons (Fsp3) is 0.360. The standard InChI is InChI=1S/C25H23ClN4O3/c1-14-17(18-22(26)27-13-28-23(18)30(14)25(2)10-11-25)20-19(21(33-29-20)16-8-9-16)24(31)32-12-15-6-4-3-5-7-15/h3-7,13,16H,8-12H2,1-2H3. The van der Waals surface area contributed by atoms with E-state index in [0.29, 0.717) is 27.6 Å². The number of carbonyl (C=O) groups is 1. The van der Waals surface area contributed by atoms with E-state index < -0.39 is 5.97 Å². The van der Waals surface area contributed by atoms with Crippen molar-refractivity contribution in [1.29, 1.82) is 0 Å². The molecule has 6 rings (SSSR count). The summed E-state index contributed by atoms with van der Waals surface area (Å²) >= 11 is 6.58. The van der Waals surface area contributed by atoms with Crippen LogP contribution in [0.1, 0.15) is 65.9 Å². The maximum Gasteiger partial charge on any atom is 0.344 e. The van der Waals surface area contributed by atoms with Gasteiger partial charge in [-0.2, -0.15) is 0 Å². The molecular formula is C25H23ClN4O3. The summed E-state index contributed by atoms with van der Waals surface area (Å²) in [5.74, 6) is 0.337. The summed E-state index contributed by atoms with van der Waals surface area (Å²) in [4.78, 5) is 22.2. The predicted molar refractivity (Wildman–Crippen MR) is 123 cm³/mol. The first kappa shape index (κ1) is 20.4. The summed E-state index contributed by atoms with van der Waals surface area (Å²) in [6, 6.07) is 9.62. The van der Waals surface area contributed by atoms with E-state index in [4.69, 9.17) is 20.9 Å². The van der Waals surface area contributed by atoms with Gasteiger partial charge in [0, 0.05) is 22.7 Å². The summed E-state index contributed by atoms with van der Waals surface area (Å²) in [6.07, 6.45) is 5.52. The maximum absolute atomic E-state index is 13.4. The Bertz CT molecular complexity index is 1380. The number of benzene rings is 1. The second-order valence-electron chi connectivity index (χ2n) is 9.26. The minimum Gasteiger partial charge on any atom is -0.457 e. The number of hydrogen-bond acceptors (Lipinski definition) is 6. The van der Waals surface area contributed by atoms with Crippen molar-refractivity contribution >= 4 is 28.6 Å². The van der Waals surface area contributed by atoms with Crippen molar-refractivity contribution in [3.8, 4) is 11.3 Å². The van der Waals surface area contributed by atoms with E-state index in [0.717, 1.165) is 48.2 Å². The molecule has 4 aromatic rings. The summed E-state index contributed by atoms with van der Waals surface area (Å²) in [5.41, 5.74) is 4.17. The van der Waals surface area contributed by atoms with Crippen molar-refractivity contribution < 1.29 is 14.1 Å². The van der Waals surface area contributed by atoms with Crippen LogP contribution < -0.4 is 0 Å². The zero-order chi connectivity index (χ0) is 22.7. The first-order valence-corrected chi connectivity index (χ1v) is 11.6. The third-order valence-electron chi connectivity index (χ3n) is 6.77. The van der Waals surface area contributed by atoms with Gasteiger partial charge in [-0.3, -0.25) is 0 Å². The molecule has 0 bridgehead atoms. The molecule has 0 aliphatic heterocycles. The molecule has 8 heteroatoms. The first-order valence-electron chi connectivity index (χ1n) is 11.2. The molecule has 0 spiro atoms. The van der Waals surface area contributed by atoms with Crippen molar-refractivity contribution in [3.05, 3.63) is 64.4 Å². The van der Waals surface area contributed by atoms with Gasteiger partial charge in [0.05, 0.1) is 5.39 Å². The molecule has 0 amide bonds. The Hall–Kier alpha value is -3.19. The van der Waals surface area contributed by atoms with Crippen LogP contribution in [0.4, 0.5) is 0 Å². The van der Waals surface area contributed by atoms with Crippen molar-refractivity contribution in [2.24, 2.45) is 0 Å². The van der Waals surface area contributed by atoms with Crippen LogP contribution in [0.3, 0.4) is 0 Å². The number of hydrogen-bond donors (Lipinski definition) is 0. The van der Waals surface area contributed by atoms with Gasteiger partial charge in [0.25, 0.3) is 0 Å². The van der Waals surface area contributed by atoms with E-state index in [9.17, 15) is 4.79 Å². The van der Waals surface area contributed by atoms with Gasteiger partial charge in [-0.05, 0) is 45.1 Å². The second kappa shape index (κ2) is 7.42. The van der Waals surface area contributed by atoms with Gasteiger partial charge >= 0.3 is 5.97 Å². The molecule has 1 aromatic carbocycles. The zero-order valence-electron chi connectivity index (χ0n) is 18.5. The molecule has 168 valence electrons. The average molecular weight is 463 g/mol. The number of rotatable bonds is 6. The van der Waals surface area contributed by atoms with Gasteiger partial charge in [-0.15, -0.1) is 0 Å². The minimum absolute atomic E-state index is 0.0324. The van der Waals surface area contributed by atoms with Crippen LogP contribution in [0.25, 0.3) is 22.3 Å². The Morgan fingerprint density at radius 3 is 2.70 bits per heavy atom. The van der Waals surface area contributed by atoms with Crippen LogP contribution in [0.15, 0.2) is 41.2 Å². The molecule has 0 atom stereocenters. The van der Waals surface area contributed by atoms with Crippen LogP contribution in [-0.4, -0.2) is 25.7 Å². The SMILES string of the molecule is Cc1c(-c2noc(C3CC3)c2C(=O)OCc2ccccc2)c2c(Cl)ncnc2n1C1(C)CC1. The van der Waals surface area contributed by atoms with Crippen LogP contribution >= 0.6 is 11.6 Å². The number of esters is 1. The maximum atomic E-state index is 13.4. The van der Waals surface area contributed by atoms with Gasteiger partial charge in [0.15, 0.2) is 5.76 Å². The van der Waals surface area contributed by atoms with Crippen molar-refractivity contribution in [3.63, 3.8) is 0 Å². The average Bonchev–Trinajstić information content (AvgIpc) is 3.72. The Morgan fingerprint density at radius 1 is 1.24 bits per heavy atom. The number of halogens is 1. The van der Waals surface area contributed by atoms with E-state index in [-0.39, 0.29) is 18.1 Å². The van der Waals surface area contributed by atoms with E-state index >= 15 is 0 Å². The highest BCUT2D eigenvalue weighted by atomic mass is 35.5. The van der Waals surface area contributed by atoms with Crippen molar-refractivity contribution in [2.45, 2.75) is 57.6 Å². The molecule has 33 heavy (non-hydrogen) atoms. The largest absolute Gasteiger partial charge is 0.457 e. The van der Waals surface area contributed by atoms with E-state index in [2.05, 4.69) is 26.6 Å². The highest BCUT2D eigenvalue weighted by Crippen LogP contribution is 2.51. The van der Waals surface area contributed by atoms with E-state index in [1.165, 1.54) is 6.33 Å². The lowest BCUT2D eigenvalue weighted by atomic mass is 10.0. The molecule has 2 aliphatic rings. The van der Waals surface area contributed by atoms with Crippen LogP contribution in [0, 0.1) is 6.92 Å². The molecule has 2 fully saturated rings. The Morgan fingerprint density at radius 2 is 2.00 bits per heavy atom. The monoisotopic (exact) mass is 462 g/mol. The van der Waals surface area contributed by atoms with Crippen LogP contribution in [0.2, 0.25) is 5.15 Å². The van der Waals surface area contributed by atoms with Gasteiger partial charge in [-0.25, -0.2) is 14.8 Å². The molecule has 0 saturated heterocycles. The molecule has 2 aliphatic carbocycles. The van der Waals surface area contributed by atoms with Crippen molar-refractivity contribution in [2.75, 3.05) is 0 Å². The smallest absolute Gasteiger partial charge is 0.344 e. The molecule has 0 unspecified atom stereocenters. The Labute approximate surface area is 195 Å². The van der Waals surface area contributed by atoms with Crippen molar-refractivity contribution in [1.82, 2.24) is 19.7 Å². The molecule has 7 nitrogen and oxygen atoms in total. The summed E-state index contributed by atoms with van der Waals surface area (Å²) < 4.78 is 13.7. The van der Waals surface area contributed by atoms with Gasteiger partial charge < -0.3 is 13.8 Å². The number of nitrogens with zero attached hydrogens (tertiary/aromatic N) is 4. The quantitative estimate of drug-likeness (QED) is 0.266. The van der Waals surface area contributed by atoms with Crippen LogP contribution in [-0.2, 0) is 16.9 Å². The van der Waals surface area contributed by atoms with E-state index in [1.54, 1.807) is 0 Å². The molecular weight excluding hydrogens is 440 g/mol. The summed E-state index contributed by atoms with van der Waals surface area (Å²) in [5, 5.41) is 5.41. The molecule has 3 heterocycles. The fourth-order valence-electron chi connectivity index (χ4n) is 4.64. The third-order valence-corrected chi connectivity index (χ3v) is 7.06. The number of carbonyl (C=O) groups excluding carboxylic acids is 1. The van der Waals surface area contributed by atoms with Gasteiger partial charge in [-0.1, -0.05) is 47.1 Å². The number of aromatic nitrogens is 4. The summed E-state index contributed by atoms with van der Waals surface area (Å²) in [6.45, 7) is 4.39. The lowest BCUT2D eigenvalue weighted by Crippen LogP contribution is -2.14. The Balaban J connectivity index is 1.50. The summed E-state index contributed by atoms with van der Waals surface area (Å²) in [7, 11) is 0. The fourth-order valence-corrected chi connectivity index (χ4v) is 4.86. The highest BCUT2D eigenvalue weighted by Gasteiger charge is 2.44. The lowest BCUT2D eigenvalue weighted by Gasteiger charge is -2.15. The lowest BCUT2D eigenvalue weighted by molar-refractivity contribution is 0.0471.